The third kappa shape index (κ3) is 1.68. The lowest BCUT2D eigenvalue weighted by Gasteiger charge is -1.95. The van der Waals surface area contributed by atoms with Gasteiger partial charge < -0.3 is 10.1 Å². The number of aromatic amines is 1. The van der Waals surface area contributed by atoms with E-state index in [4.69, 9.17) is 5.11 Å². The van der Waals surface area contributed by atoms with Gasteiger partial charge in [0, 0.05) is 10.9 Å². The van der Waals surface area contributed by atoms with E-state index < -0.39 is 5.97 Å². The van der Waals surface area contributed by atoms with Crippen LogP contribution in [0, 0.1) is 0 Å². The van der Waals surface area contributed by atoms with Gasteiger partial charge >= 0.3 is 5.97 Å². The van der Waals surface area contributed by atoms with Gasteiger partial charge in [-0.25, -0.2) is 14.8 Å². The van der Waals surface area contributed by atoms with Gasteiger partial charge in [0.05, 0.1) is 17.4 Å². The Balaban J connectivity index is 2.09. The summed E-state index contributed by atoms with van der Waals surface area (Å²) in [6.45, 7) is 0. The zero-order valence-corrected chi connectivity index (χ0v) is 9.36. The molecular weight excluding hydrogens is 238 g/mol. The summed E-state index contributed by atoms with van der Waals surface area (Å²) in [7, 11) is 0. The number of fused-ring (bicyclic) bond motifs is 1. The summed E-state index contributed by atoms with van der Waals surface area (Å²) in [5.74, 6) is -1.00. The molecule has 6 heteroatoms. The van der Waals surface area contributed by atoms with E-state index in [1.54, 1.807) is 6.33 Å². The van der Waals surface area contributed by atoms with Crippen LogP contribution >= 0.6 is 11.3 Å². The van der Waals surface area contributed by atoms with Crippen molar-refractivity contribution in [3.8, 4) is 10.6 Å². The van der Waals surface area contributed by atoms with Gasteiger partial charge in [-0.1, -0.05) is 0 Å². The molecule has 0 atom stereocenters. The van der Waals surface area contributed by atoms with E-state index in [-0.39, 0.29) is 5.69 Å². The van der Waals surface area contributed by atoms with Crippen molar-refractivity contribution in [1.29, 1.82) is 0 Å². The lowest BCUT2D eigenvalue weighted by atomic mass is 10.2. The topological polar surface area (TPSA) is 78.9 Å². The summed E-state index contributed by atoms with van der Waals surface area (Å²) in [6, 6.07) is 5.67. The second-order valence-electron chi connectivity index (χ2n) is 3.48. The quantitative estimate of drug-likeness (QED) is 0.726. The van der Waals surface area contributed by atoms with Gasteiger partial charge in [0.2, 0.25) is 0 Å². The predicted molar refractivity (Wildman–Crippen MR) is 64.2 cm³/mol. The zero-order chi connectivity index (χ0) is 11.8. The summed E-state index contributed by atoms with van der Waals surface area (Å²) in [6.07, 6.45) is 1.62. The van der Waals surface area contributed by atoms with E-state index in [1.807, 2.05) is 18.2 Å². The maximum atomic E-state index is 10.7. The van der Waals surface area contributed by atoms with Gasteiger partial charge in [-0.05, 0) is 18.2 Å². The second-order valence-corrected chi connectivity index (χ2v) is 4.34. The van der Waals surface area contributed by atoms with Crippen molar-refractivity contribution in [3.63, 3.8) is 0 Å². The van der Waals surface area contributed by atoms with Crippen LogP contribution in [0.2, 0.25) is 0 Å². The third-order valence-electron chi connectivity index (χ3n) is 2.39. The van der Waals surface area contributed by atoms with Crippen molar-refractivity contribution in [3.05, 3.63) is 35.6 Å². The van der Waals surface area contributed by atoms with Gasteiger partial charge in [0.25, 0.3) is 0 Å². The smallest absolute Gasteiger partial charge is 0.355 e. The first kappa shape index (κ1) is 9.98. The number of carboxylic acid groups (broad SMARTS) is 1. The highest BCUT2D eigenvalue weighted by Crippen LogP contribution is 2.26. The van der Waals surface area contributed by atoms with Crippen LogP contribution in [0.3, 0.4) is 0 Å². The van der Waals surface area contributed by atoms with Crippen LogP contribution in [0.1, 0.15) is 10.5 Å². The Bertz CT molecular complexity index is 701. The number of carbonyl (C=O) groups is 1. The molecule has 0 radical (unpaired) electrons. The summed E-state index contributed by atoms with van der Waals surface area (Å²) >= 11 is 1.32. The number of hydrogen-bond donors (Lipinski definition) is 2. The molecule has 3 rings (SSSR count). The molecule has 0 saturated heterocycles. The average molecular weight is 245 g/mol. The Hall–Kier alpha value is -2.21. The Morgan fingerprint density at radius 3 is 3.06 bits per heavy atom. The first-order valence-corrected chi connectivity index (χ1v) is 5.74. The maximum absolute atomic E-state index is 10.7. The van der Waals surface area contributed by atoms with Crippen LogP contribution in [0.15, 0.2) is 29.9 Å². The predicted octanol–water partition coefficient (Wildman–Crippen LogP) is 2.38. The lowest BCUT2D eigenvalue weighted by molar-refractivity contribution is 0.0691. The molecule has 0 aliphatic rings. The molecule has 17 heavy (non-hydrogen) atoms. The molecule has 0 spiro atoms. The van der Waals surface area contributed by atoms with Crippen molar-refractivity contribution in [2.75, 3.05) is 0 Å². The van der Waals surface area contributed by atoms with Gasteiger partial charge in [-0.3, -0.25) is 0 Å². The highest BCUT2D eigenvalue weighted by molar-refractivity contribution is 7.13. The Morgan fingerprint density at radius 1 is 1.41 bits per heavy atom. The molecule has 2 heterocycles. The van der Waals surface area contributed by atoms with E-state index in [9.17, 15) is 4.79 Å². The van der Waals surface area contributed by atoms with Gasteiger partial charge in [0.1, 0.15) is 5.01 Å². The fourth-order valence-electron chi connectivity index (χ4n) is 1.57. The minimum atomic E-state index is -1.00. The first-order chi connectivity index (χ1) is 8.24. The maximum Gasteiger partial charge on any atom is 0.355 e. The number of carboxylic acids is 1. The Kier molecular flexibility index (Phi) is 2.15. The number of aromatic carboxylic acids is 1. The average Bonchev–Trinajstić information content (AvgIpc) is 2.97. The van der Waals surface area contributed by atoms with Gasteiger partial charge in [-0.2, -0.15) is 0 Å². The molecule has 0 unspecified atom stereocenters. The van der Waals surface area contributed by atoms with E-state index in [2.05, 4.69) is 15.0 Å². The Labute approximate surface area is 99.8 Å². The normalized spacial score (nSPS) is 10.8. The number of thiazole rings is 1. The minimum Gasteiger partial charge on any atom is -0.476 e. The molecule has 0 bridgehead atoms. The fraction of sp³-hybridized carbons (Fsp3) is 0. The van der Waals surface area contributed by atoms with Gasteiger partial charge in [0.15, 0.2) is 5.69 Å². The molecule has 1 aromatic carbocycles. The molecule has 0 saturated carbocycles. The summed E-state index contributed by atoms with van der Waals surface area (Å²) in [5.41, 5.74) is 2.76. The molecule has 0 aliphatic heterocycles. The number of imidazole rings is 1. The molecule has 2 aromatic heterocycles. The van der Waals surface area contributed by atoms with Crippen LogP contribution in [0.25, 0.3) is 21.6 Å². The van der Waals surface area contributed by atoms with E-state index >= 15 is 0 Å². The third-order valence-corrected chi connectivity index (χ3v) is 3.28. The van der Waals surface area contributed by atoms with Crippen molar-refractivity contribution in [2.45, 2.75) is 0 Å². The number of nitrogens with zero attached hydrogens (tertiary/aromatic N) is 2. The van der Waals surface area contributed by atoms with Crippen molar-refractivity contribution >= 4 is 28.3 Å². The molecule has 5 nitrogen and oxygen atoms in total. The number of rotatable bonds is 2. The number of H-pyrrole nitrogens is 1. The molecule has 3 aromatic rings. The standard InChI is InChI=1S/C11H7N3O2S/c15-11(16)9-4-17-10(14-9)6-1-2-7-8(3-6)13-5-12-7/h1-5H,(H,12,13)(H,15,16). The summed E-state index contributed by atoms with van der Waals surface area (Å²) in [4.78, 5) is 21.9. The SMILES string of the molecule is O=C(O)c1csc(-c2ccc3nc[nH]c3c2)n1. The van der Waals surface area contributed by atoms with Crippen molar-refractivity contribution < 1.29 is 9.90 Å². The highest BCUT2D eigenvalue weighted by Gasteiger charge is 2.10. The number of aromatic nitrogens is 3. The molecule has 2 N–H and O–H groups in total. The first-order valence-electron chi connectivity index (χ1n) is 4.86. The monoisotopic (exact) mass is 245 g/mol. The lowest BCUT2D eigenvalue weighted by Crippen LogP contribution is -1.95. The van der Waals surface area contributed by atoms with Crippen LogP contribution < -0.4 is 0 Å². The van der Waals surface area contributed by atoms with E-state index in [0.29, 0.717) is 5.01 Å². The van der Waals surface area contributed by atoms with Crippen molar-refractivity contribution in [2.24, 2.45) is 0 Å². The minimum absolute atomic E-state index is 0.0784. The largest absolute Gasteiger partial charge is 0.476 e. The molecule has 0 fully saturated rings. The van der Waals surface area contributed by atoms with Gasteiger partial charge in [-0.15, -0.1) is 11.3 Å². The van der Waals surface area contributed by atoms with E-state index in [0.717, 1.165) is 16.6 Å². The molecular formula is C11H7N3O2S. The van der Waals surface area contributed by atoms with Crippen molar-refractivity contribution in [1.82, 2.24) is 15.0 Å². The van der Waals surface area contributed by atoms with Crippen LogP contribution in [-0.2, 0) is 0 Å². The second kappa shape index (κ2) is 3.67. The van der Waals surface area contributed by atoms with E-state index in [1.165, 1.54) is 16.7 Å². The van der Waals surface area contributed by atoms with Crippen LogP contribution in [0.5, 0.6) is 0 Å². The fourth-order valence-corrected chi connectivity index (χ4v) is 2.36. The molecule has 0 amide bonds. The highest BCUT2D eigenvalue weighted by atomic mass is 32.1. The molecule has 84 valence electrons. The Morgan fingerprint density at radius 2 is 2.29 bits per heavy atom. The van der Waals surface area contributed by atoms with Crippen LogP contribution in [0.4, 0.5) is 0 Å². The molecule has 0 aliphatic carbocycles. The summed E-state index contributed by atoms with van der Waals surface area (Å²) in [5, 5.41) is 11.0. The summed E-state index contributed by atoms with van der Waals surface area (Å²) < 4.78 is 0. The number of nitrogens with one attached hydrogen (secondary N) is 1. The number of hydrogen-bond acceptors (Lipinski definition) is 4. The van der Waals surface area contributed by atoms with Crippen LogP contribution in [-0.4, -0.2) is 26.0 Å². The number of benzene rings is 1. The zero-order valence-electron chi connectivity index (χ0n) is 8.54.